The number of benzene rings is 1. The molecule has 0 amide bonds. The number of carbonyl (C=O) groups excluding carboxylic acids is 1. The van der Waals surface area contributed by atoms with Crippen LogP contribution in [0.5, 0.6) is 5.75 Å². The Hall–Kier alpha value is -1.79. The fraction of sp³-hybridized carbons (Fsp3) is 0.381. The zero-order valence-corrected chi connectivity index (χ0v) is 19.6. The Balaban J connectivity index is 2.35. The minimum Gasteiger partial charge on any atom is -0.427 e. The number of hydrogen-bond donors (Lipinski definition) is 2. The van der Waals surface area contributed by atoms with E-state index in [0.29, 0.717) is 12.0 Å². The van der Waals surface area contributed by atoms with Crippen molar-refractivity contribution < 1.29 is 37.7 Å². The molecule has 4 unspecified atom stereocenters. The summed E-state index contributed by atoms with van der Waals surface area (Å²) in [4.78, 5) is 22.3. The summed E-state index contributed by atoms with van der Waals surface area (Å²) in [6.45, 7) is 8.32. The van der Waals surface area contributed by atoms with E-state index in [1.165, 1.54) is 30.3 Å². The van der Waals surface area contributed by atoms with Gasteiger partial charge in [0.05, 0.1) is 0 Å². The van der Waals surface area contributed by atoms with Crippen LogP contribution in [-0.2, 0) is 23.0 Å². The molecule has 4 atom stereocenters. The molecule has 1 aliphatic heterocycles. The Morgan fingerprint density at radius 3 is 2.65 bits per heavy atom. The number of hydrogen-bond acceptors (Lipinski definition) is 7. The molecule has 1 aromatic carbocycles. The predicted octanol–water partition coefficient (Wildman–Crippen LogP) is 5.26. The van der Waals surface area contributed by atoms with Crippen molar-refractivity contribution >= 4 is 20.9 Å². The standard InChI is InChI=1S/C21H28O8P2/c1-5-8-11-16(7-3)15-21(23)30(4,24)28-20(29-31(21,25)26)17-12-9-13-18(14-17)27-19(22)10-6-2/h5,7-9,11-14,20,23H,3,6,10,15H2,1-2,4H3,(H,25,26). The van der Waals surface area contributed by atoms with Crippen LogP contribution in [0.4, 0.5) is 0 Å². The number of carbonyl (C=O) groups is 1. The van der Waals surface area contributed by atoms with Crippen molar-refractivity contribution in [2.45, 2.75) is 44.5 Å². The average molecular weight is 470 g/mol. The Bertz CT molecular complexity index is 955. The molecule has 0 aliphatic carbocycles. The third-order valence-corrected chi connectivity index (χ3v) is 10.1. The minimum absolute atomic E-state index is 0.186. The highest BCUT2D eigenvalue weighted by atomic mass is 31.2. The molecule has 1 aliphatic rings. The van der Waals surface area contributed by atoms with E-state index in [1.54, 1.807) is 25.2 Å². The summed E-state index contributed by atoms with van der Waals surface area (Å²) in [7, 11) is -8.96. The molecule has 31 heavy (non-hydrogen) atoms. The van der Waals surface area contributed by atoms with Crippen molar-refractivity contribution in [3.8, 4) is 5.75 Å². The van der Waals surface area contributed by atoms with Gasteiger partial charge in [0.2, 0.25) is 12.5 Å². The Morgan fingerprint density at radius 1 is 1.35 bits per heavy atom. The molecule has 1 heterocycles. The van der Waals surface area contributed by atoms with Gasteiger partial charge in [0.1, 0.15) is 5.75 Å². The summed E-state index contributed by atoms with van der Waals surface area (Å²) in [5.74, 6) is -0.246. The molecule has 0 spiro atoms. The van der Waals surface area contributed by atoms with Crippen molar-refractivity contribution in [1.82, 2.24) is 0 Å². The fourth-order valence-corrected chi connectivity index (χ4v) is 7.23. The highest BCUT2D eigenvalue weighted by molar-refractivity contribution is 7.76. The van der Waals surface area contributed by atoms with Crippen LogP contribution in [0.1, 0.15) is 45.0 Å². The quantitative estimate of drug-likeness (QED) is 0.229. The number of allylic oxidation sites excluding steroid dienone is 4. The lowest BCUT2D eigenvalue weighted by molar-refractivity contribution is -0.134. The molecule has 2 N–H and O–H groups in total. The lowest BCUT2D eigenvalue weighted by Gasteiger charge is -2.43. The first-order chi connectivity index (χ1) is 14.5. The molecule has 0 bridgehead atoms. The summed E-state index contributed by atoms with van der Waals surface area (Å²) in [5, 5.41) is 8.37. The van der Waals surface area contributed by atoms with Gasteiger partial charge >= 0.3 is 13.6 Å². The minimum atomic E-state index is -4.86. The lowest BCUT2D eigenvalue weighted by Crippen LogP contribution is -2.36. The second-order valence-electron chi connectivity index (χ2n) is 7.13. The van der Waals surface area contributed by atoms with Crippen molar-refractivity contribution in [1.29, 1.82) is 0 Å². The first-order valence-electron chi connectivity index (χ1n) is 9.74. The van der Waals surface area contributed by atoms with Gasteiger partial charge in [-0.25, -0.2) is 0 Å². The van der Waals surface area contributed by atoms with Gasteiger partial charge in [0.25, 0.3) is 0 Å². The number of aliphatic hydroxyl groups is 1. The second kappa shape index (κ2) is 10.2. The van der Waals surface area contributed by atoms with Gasteiger partial charge in [-0.15, -0.1) is 0 Å². The third-order valence-electron chi connectivity index (χ3n) is 4.66. The SMILES string of the molecule is C=CC(=CC=CC)CC1(O)P(C)(=O)OC(c2cccc(OC(=O)CCC)c2)OP1(=O)O. The van der Waals surface area contributed by atoms with Gasteiger partial charge in [-0.2, -0.15) is 0 Å². The Kier molecular flexibility index (Phi) is 8.40. The zero-order chi connectivity index (χ0) is 23.3. The highest BCUT2D eigenvalue weighted by Crippen LogP contribution is 2.80. The van der Waals surface area contributed by atoms with E-state index in [0.717, 1.165) is 6.66 Å². The van der Waals surface area contributed by atoms with Crippen LogP contribution in [0.25, 0.3) is 0 Å². The largest absolute Gasteiger partial charge is 0.427 e. The van der Waals surface area contributed by atoms with Gasteiger partial charge in [-0.05, 0) is 31.1 Å². The molecule has 1 saturated heterocycles. The van der Waals surface area contributed by atoms with Crippen LogP contribution in [0.3, 0.4) is 0 Å². The topological polar surface area (TPSA) is 119 Å². The van der Waals surface area contributed by atoms with Crippen LogP contribution in [-0.4, -0.2) is 27.7 Å². The third kappa shape index (κ3) is 5.72. The van der Waals surface area contributed by atoms with Crippen molar-refractivity contribution in [3.63, 3.8) is 0 Å². The summed E-state index contributed by atoms with van der Waals surface area (Å²) in [5.41, 5.74) is 0.598. The normalized spacial score (nSPS) is 31.5. The molecule has 170 valence electrons. The molecule has 2 rings (SSSR count). The first-order valence-corrected chi connectivity index (χ1v) is 13.4. The summed E-state index contributed by atoms with van der Waals surface area (Å²) < 4.78 is 42.3. The second-order valence-corrected chi connectivity index (χ2v) is 12.1. The van der Waals surface area contributed by atoms with Crippen molar-refractivity contribution in [3.05, 3.63) is 66.3 Å². The Morgan fingerprint density at radius 2 is 2.06 bits per heavy atom. The lowest BCUT2D eigenvalue weighted by atomic mass is 10.2. The predicted molar refractivity (Wildman–Crippen MR) is 118 cm³/mol. The molecule has 10 heteroatoms. The monoisotopic (exact) mass is 470 g/mol. The summed E-state index contributed by atoms with van der Waals surface area (Å²) in [6.07, 6.45) is 5.24. The van der Waals surface area contributed by atoms with Crippen LogP contribution >= 0.6 is 15.0 Å². The van der Waals surface area contributed by atoms with Crippen LogP contribution in [0.15, 0.2) is 60.7 Å². The van der Waals surface area contributed by atoms with Crippen LogP contribution in [0.2, 0.25) is 0 Å². The molecule has 0 radical (unpaired) electrons. The summed E-state index contributed by atoms with van der Waals surface area (Å²) >= 11 is 0. The van der Waals surface area contributed by atoms with Gasteiger partial charge in [0, 0.05) is 25.1 Å². The van der Waals surface area contributed by atoms with E-state index in [9.17, 15) is 23.9 Å². The molecule has 1 fully saturated rings. The molecular formula is C21H28O8P2. The number of rotatable bonds is 8. The van der Waals surface area contributed by atoms with Crippen molar-refractivity contribution in [2.24, 2.45) is 0 Å². The Labute approximate surface area is 182 Å². The maximum absolute atomic E-state index is 13.3. The van der Waals surface area contributed by atoms with E-state index in [1.807, 2.05) is 6.92 Å². The maximum Gasteiger partial charge on any atom is 0.372 e. The van der Waals surface area contributed by atoms with E-state index in [-0.39, 0.29) is 17.7 Å². The van der Waals surface area contributed by atoms with Crippen LogP contribution < -0.4 is 4.74 Å². The van der Waals surface area contributed by atoms with Crippen LogP contribution in [0, 0.1) is 0 Å². The van der Waals surface area contributed by atoms with Crippen molar-refractivity contribution in [2.75, 3.05) is 6.66 Å². The van der Waals surface area contributed by atoms with E-state index in [2.05, 4.69) is 6.58 Å². The molecular weight excluding hydrogens is 442 g/mol. The fourth-order valence-electron chi connectivity index (χ4n) is 2.90. The molecule has 0 aromatic heterocycles. The number of ether oxygens (including phenoxy) is 1. The maximum atomic E-state index is 13.3. The van der Waals surface area contributed by atoms with E-state index in [4.69, 9.17) is 13.8 Å². The molecule has 1 aromatic rings. The number of esters is 1. The van der Waals surface area contributed by atoms with Gasteiger partial charge in [-0.3, -0.25) is 23.0 Å². The van der Waals surface area contributed by atoms with E-state index >= 15 is 0 Å². The molecule has 8 nitrogen and oxygen atoms in total. The summed E-state index contributed by atoms with van der Waals surface area (Å²) in [6, 6.07) is 5.97. The zero-order valence-electron chi connectivity index (χ0n) is 17.8. The average Bonchev–Trinajstić information content (AvgIpc) is 2.69. The van der Waals surface area contributed by atoms with Gasteiger partial charge < -0.3 is 14.7 Å². The van der Waals surface area contributed by atoms with Gasteiger partial charge in [0.15, 0.2) is 6.29 Å². The first kappa shape index (κ1) is 25.5. The van der Waals surface area contributed by atoms with E-state index < -0.39 is 38.7 Å². The molecule has 0 saturated carbocycles. The smallest absolute Gasteiger partial charge is 0.372 e. The van der Waals surface area contributed by atoms with Gasteiger partial charge in [-0.1, -0.05) is 49.9 Å². The highest BCUT2D eigenvalue weighted by Gasteiger charge is 2.64.